The monoisotopic (exact) mass is 266 g/mol. The molecule has 0 fully saturated rings. The van der Waals surface area contributed by atoms with Gasteiger partial charge in [0.2, 0.25) is 5.95 Å². The zero-order chi connectivity index (χ0) is 14.4. The van der Waals surface area contributed by atoms with E-state index in [9.17, 15) is 0 Å². The van der Waals surface area contributed by atoms with Crippen LogP contribution in [0.2, 0.25) is 0 Å². The van der Waals surface area contributed by atoms with Crippen LogP contribution in [0.3, 0.4) is 0 Å². The lowest BCUT2D eigenvalue weighted by atomic mass is 10.2. The number of rotatable bonds is 8. The quantitative estimate of drug-likeness (QED) is 0.785. The largest absolute Gasteiger partial charge is 0.354 e. The van der Waals surface area contributed by atoms with Crippen LogP contribution in [0.15, 0.2) is 6.20 Å². The molecule has 1 heterocycles. The van der Waals surface area contributed by atoms with Crippen LogP contribution < -0.4 is 5.32 Å². The van der Waals surface area contributed by atoms with Crippen LogP contribution in [0.4, 0.5) is 5.95 Å². The molecule has 0 aliphatic heterocycles. The number of nitrogens with zero attached hydrogens (tertiary/aromatic N) is 3. The van der Waals surface area contributed by atoms with Gasteiger partial charge in [0.05, 0.1) is 5.69 Å². The standard InChI is InChI=1S/C15H30N4/c1-7-9-18-11-14(6)17-15(18)16-8-10-19(12(2)3)13(4)5/h11-13H,7-10H2,1-6H3,(H,16,17). The van der Waals surface area contributed by atoms with Crippen LogP contribution >= 0.6 is 0 Å². The van der Waals surface area contributed by atoms with Crippen LogP contribution in [0.5, 0.6) is 0 Å². The van der Waals surface area contributed by atoms with Gasteiger partial charge in [0.15, 0.2) is 0 Å². The smallest absolute Gasteiger partial charge is 0.203 e. The van der Waals surface area contributed by atoms with Crippen LogP contribution in [-0.4, -0.2) is 39.6 Å². The van der Waals surface area contributed by atoms with Gasteiger partial charge in [-0.05, 0) is 41.0 Å². The highest BCUT2D eigenvalue weighted by atomic mass is 15.2. The van der Waals surface area contributed by atoms with Crippen LogP contribution in [0.1, 0.15) is 46.7 Å². The van der Waals surface area contributed by atoms with E-state index in [1.807, 2.05) is 6.92 Å². The van der Waals surface area contributed by atoms with Crippen LogP contribution in [0.25, 0.3) is 0 Å². The van der Waals surface area contributed by atoms with Gasteiger partial charge < -0.3 is 9.88 Å². The molecule has 19 heavy (non-hydrogen) atoms. The highest BCUT2D eigenvalue weighted by molar-refractivity contribution is 5.28. The van der Waals surface area contributed by atoms with E-state index >= 15 is 0 Å². The highest BCUT2D eigenvalue weighted by Crippen LogP contribution is 2.10. The number of imidazole rings is 1. The third-order valence-corrected chi connectivity index (χ3v) is 3.34. The number of aromatic nitrogens is 2. The third kappa shape index (κ3) is 4.86. The summed E-state index contributed by atoms with van der Waals surface area (Å²) in [5, 5.41) is 3.47. The molecule has 0 spiro atoms. The SMILES string of the molecule is CCCn1cc(C)nc1NCCN(C(C)C)C(C)C. The minimum atomic E-state index is 0.582. The second-order valence-corrected chi connectivity index (χ2v) is 5.75. The molecule has 0 saturated carbocycles. The lowest BCUT2D eigenvalue weighted by molar-refractivity contribution is 0.182. The van der Waals surface area contributed by atoms with Crippen molar-refractivity contribution < 1.29 is 0 Å². The summed E-state index contributed by atoms with van der Waals surface area (Å²) in [5.74, 6) is 1.01. The first-order valence-electron chi connectivity index (χ1n) is 7.49. The maximum Gasteiger partial charge on any atom is 0.203 e. The van der Waals surface area contributed by atoms with Crippen molar-refractivity contribution in [2.24, 2.45) is 0 Å². The van der Waals surface area contributed by atoms with E-state index in [0.29, 0.717) is 12.1 Å². The number of nitrogens with one attached hydrogen (secondary N) is 1. The Bertz CT molecular complexity index is 360. The summed E-state index contributed by atoms with van der Waals surface area (Å²) in [7, 11) is 0. The molecule has 0 bridgehead atoms. The van der Waals surface area contributed by atoms with Gasteiger partial charge in [-0.3, -0.25) is 4.90 Å². The summed E-state index contributed by atoms with van der Waals surface area (Å²) in [4.78, 5) is 7.04. The Hall–Kier alpha value is -1.03. The van der Waals surface area contributed by atoms with Gasteiger partial charge in [0, 0.05) is 37.9 Å². The average Bonchev–Trinajstić information content (AvgIpc) is 2.64. The van der Waals surface area contributed by atoms with Gasteiger partial charge in [-0.15, -0.1) is 0 Å². The van der Waals surface area contributed by atoms with Crippen molar-refractivity contribution in [1.82, 2.24) is 14.5 Å². The van der Waals surface area contributed by atoms with Crippen LogP contribution in [-0.2, 0) is 6.54 Å². The fraction of sp³-hybridized carbons (Fsp3) is 0.800. The lowest BCUT2D eigenvalue weighted by Gasteiger charge is -2.30. The molecule has 1 aromatic heterocycles. The Morgan fingerprint density at radius 1 is 1.26 bits per heavy atom. The topological polar surface area (TPSA) is 33.1 Å². The molecule has 1 aromatic rings. The third-order valence-electron chi connectivity index (χ3n) is 3.34. The molecule has 0 amide bonds. The maximum absolute atomic E-state index is 4.55. The van der Waals surface area contributed by atoms with Gasteiger partial charge in [-0.1, -0.05) is 6.92 Å². The van der Waals surface area contributed by atoms with Gasteiger partial charge in [0.1, 0.15) is 0 Å². The molecule has 0 unspecified atom stereocenters. The average molecular weight is 266 g/mol. The van der Waals surface area contributed by atoms with Crippen molar-refractivity contribution in [3.63, 3.8) is 0 Å². The molecule has 1 N–H and O–H groups in total. The normalized spacial score (nSPS) is 11.8. The molecule has 0 aromatic carbocycles. The Labute approximate surface area is 118 Å². The summed E-state index contributed by atoms with van der Waals surface area (Å²) in [6, 6.07) is 1.16. The Morgan fingerprint density at radius 2 is 1.89 bits per heavy atom. The van der Waals surface area contributed by atoms with E-state index in [2.05, 4.69) is 60.6 Å². The fourth-order valence-corrected chi connectivity index (χ4v) is 2.51. The van der Waals surface area contributed by atoms with Crippen molar-refractivity contribution in [2.75, 3.05) is 18.4 Å². The van der Waals surface area contributed by atoms with Gasteiger partial charge in [-0.25, -0.2) is 4.98 Å². The molecule has 0 aliphatic carbocycles. The summed E-state index contributed by atoms with van der Waals surface area (Å²) in [6.07, 6.45) is 3.25. The molecule has 0 aliphatic rings. The molecule has 4 nitrogen and oxygen atoms in total. The Morgan fingerprint density at radius 3 is 2.42 bits per heavy atom. The summed E-state index contributed by atoms with van der Waals surface area (Å²) in [6.45, 7) is 16.3. The number of hydrogen-bond acceptors (Lipinski definition) is 3. The first-order chi connectivity index (χ1) is 8.95. The second kappa shape index (κ2) is 7.53. The minimum Gasteiger partial charge on any atom is -0.354 e. The maximum atomic E-state index is 4.55. The van der Waals surface area contributed by atoms with Gasteiger partial charge in [0.25, 0.3) is 0 Å². The number of aryl methyl sites for hydroxylation is 2. The summed E-state index contributed by atoms with van der Waals surface area (Å²) in [5.41, 5.74) is 1.08. The summed E-state index contributed by atoms with van der Waals surface area (Å²) >= 11 is 0. The van der Waals surface area contributed by atoms with Crippen molar-refractivity contribution in [3.05, 3.63) is 11.9 Å². The molecule has 1 rings (SSSR count). The predicted molar refractivity (Wildman–Crippen MR) is 82.7 cm³/mol. The predicted octanol–water partition coefficient (Wildman–Crippen LogP) is 3.13. The molecule has 0 saturated heterocycles. The first kappa shape index (κ1) is 16.0. The highest BCUT2D eigenvalue weighted by Gasteiger charge is 2.13. The van der Waals surface area contributed by atoms with Crippen LogP contribution in [0, 0.1) is 6.92 Å². The van der Waals surface area contributed by atoms with Crippen molar-refractivity contribution >= 4 is 5.95 Å². The molecular weight excluding hydrogens is 236 g/mol. The van der Waals surface area contributed by atoms with Crippen molar-refractivity contribution in [1.29, 1.82) is 0 Å². The lowest BCUT2D eigenvalue weighted by Crippen LogP contribution is -2.40. The molecule has 0 radical (unpaired) electrons. The zero-order valence-electron chi connectivity index (χ0n) is 13.4. The molecule has 110 valence electrons. The van der Waals surface area contributed by atoms with E-state index in [1.165, 1.54) is 0 Å². The van der Waals surface area contributed by atoms with Crippen molar-refractivity contribution in [2.45, 2.75) is 66.6 Å². The molecular formula is C15H30N4. The Kier molecular flexibility index (Phi) is 6.35. The van der Waals surface area contributed by atoms with E-state index in [-0.39, 0.29) is 0 Å². The van der Waals surface area contributed by atoms with E-state index in [1.54, 1.807) is 0 Å². The fourth-order valence-electron chi connectivity index (χ4n) is 2.51. The zero-order valence-corrected chi connectivity index (χ0v) is 13.4. The molecule has 4 heteroatoms. The summed E-state index contributed by atoms with van der Waals surface area (Å²) < 4.78 is 2.21. The van der Waals surface area contributed by atoms with E-state index < -0.39 is 0 Å². The van der Waals surface area contributed by atoms with Gasteiger partial charge >= 0.3 is 0 Å². The second-order valence-electron chi connectivity index (χ2n) is 5.75. The number of hydrogen-bond donors (Lipinski definition) is 1. The minimum absolute atomic E-state index is 0.582. The number of anilines is 1. The van der Waals surface area contributed by atoms with E-state index in [0.717, 1.165) is 37.7 Å². The first-order valence-corrected chi connectivity index (χ1v) is 7.49. The molecule has 0 atom stereocenters. The van der Waals surface area contributed by atoms with Gasteiger partial charge in [-0.2, -0.15) is 0 Å². The van der Waals surface area contributed by atoms with E-state index in [4.69, 9.17) is 0 Å². The Balaban J connectivity index is 2.52. The van der Waals surface area contributed by atoms with Crippen molar-refractivity contribution in [3.8, 4) is 0 Å².